The minimum atomic E-state index is -4.63. The number of hydrogen-bond donors (Lipinski definition) is 0. The molecule has 0 atom stereocenters. The molecule has 5 nitrogen and oxygen atoms in total. The van der Waals surface area contributed by atoms with E-state index in [9.17, 15) is 26.7 Å². The fourth-order valence-corrected chi connectivity index (χ4v) is 4.02. The Balaban J connectivity index is 1.86. The summed E-state index contributed by atoms with van der Waals surface area (Å²) >= 11 is 5.98. The van der Waals surface area contributed by atoms with Gasteiger partial charge in [-0.2, -0.15) is 13.2 Å². The van der Waals surface area contributed by atoms with Crippen LogP contribution in [0.25, 0.3) is 22.1 Å². The van der Waals surface area contributed by atoms with Crippen LogP contribution >= 0.6 is 11.6 Å². The van der Waals surface area contributed by atoms with Gasteiger partial charge < -0.3 is 4.57 Å². The molecule has 32 heavy (non-hydrogen) atoms. The Kier molecular flexibility index (Phi) is 5.98. The van der Waals surface area contributed by atoms with E-state index < -0.39 is 30.9 Å². The van der Waals surface area contributed by atoms with Crippen molar-refractivity contribution in [3.63, 3.8) is 0 Å². The normalized spacial score (nSPS) is 12.3. The summed E-state index contributed by atoms with van der Waals surface area (Å²) in [4.78, 5) is 17.2. The molecule has 0 amide bonds. The zero-order valence-electron chi connectivity index (χ0n) is 16.7. The number of rotatable bonds is 7. The van der Waals surface area contributed by atoms with Gasteiger partial charge in [0.15, 0.2) is 0 Å². The van der Waals surface area contributed by atoms with Crippen molar-refractivity contribution in [3.05, 3.63) is 63.5 Å². The summed E-state index contributed by atoms with van der Waals surface area (Å²) in [6.07, 6.45) is -3.79. The lowest BCUT2D eigenvalue weighted by Gasteiger charge is -2.11. The summed E-state index contributed by atoms with van der Waals surface area (Å²) < 4.78 is 69.3. The van der Waals surface area contributed by atoms with Gasteiger partial charge in [-0.05, 0) is 49.2 Å². The quantitative estimate of drug-likeness (QED) is 0.208. The molecule has 0 bridgehead atoms. The van der Waals surface area contributed by atoms with Gasteiger partial charge in [0.1, 0.15) is 17.5 Å². The number of nitrogens with zero attached hydrogens (tertiary/aromatic N) is 4. The Morgan fingerprint density at radius 2 is 1.69 bits per heavy atom. The molecule has 3 heterocycles. The lowest BCUT2D eigenvalue weighted by atomic mass is 10.3. The second kappa shape index (κ2) is 8.57. The molecule has 0 unspecified atom stereocenters. The molecule has 3 aromatic heterocycles. The van der Waals surface area contributed by atoms with Crippen LogP contribution < -0.4 is 5.69 Å². The van der Waals surface area contributed by atoms with Crippen molar-refractivity contribution in [1.82, 2.24) is 18.7 Å². The Labute approximate surface area is 183 Å². The smallest absolute Gasteiger partial charge is 0.342 e. The molecule has 170 valence electrons. The van der Waals surface area contributed by atoms with Crippen LogP contribution in [-0.4, -0.2) is 31.5 Å². The van der Waals surface area contributed by atoms with Crippen LogP contribution in [0.3, 0.4) is 0 Å². The summed E-state index contributed by atoms with van der Waals surface area (Å²) in [5.41, 5.74) is 0.911. The molecule has 0 aliphatic carbocycles. The van der Waals surface area contributed by atoms with E-state index in [0.29, 0.717) is 40.7 Å². The molecule has 0 radical (unpaired) electrons. The summed E-state index contributed by atoms with van der Waals surface area (Å²) in [6.45, 7) is -1.68. The van der Waals surface area contributed by atoms with Gasteiger partial charge in [0, 0.05) is 12.2 Å². The van der Waals surface area contributed by atoms with Gasteiger partial charge in [0.2, 0.25) is 0 Å². The maximum atomic E-state index is 13.9. The molecule has 4 aromatic rings. The molecule has 0 spiro atoms. The second-order valence-corrected chi connectivity index (χ2v) is 7.81. The molecule has 11 heteroatoms. The van der Waals surface area contributed by atoms with E-state index in [1.165, 1.54) is 0 Å². The van der Waals surface area contributed by atoms with Crippen molar-refractivity contribution in [3.8, 4) is 0 Å². The van der Waals surface area contributed by atoms with E-state index in [0.717, 1.165) is 22.8 Å². The SMILES string of the molecule is O=c1n(Cc2cc3nc(Cl)ccc3n2CCCCF)c2cc(F)ccc2n1CC(F)(F)F. The Morgan fingerprint density at radius 3 is 2.41 bits per heavy atom. The third-order valence-corrected chi connectivity index (χ3v) is 5.42. The number of aromatic nitrogens is 4. The van der Waals surface area contributed by atoms with Crippen LogP contribution in [0.4, 0.5) is 22.0 Å². The van der Waals surface area contributed by atoms with Gasteiger partial charge in [-0.3, -0.25) is 13.5 Å². The summed E-state index contributed by atoms with van der Waals surface area (Å²) in [5, 5.41) is 0.256. The van der Waals surface area contributed by atoms with E-state index in [4.69, 9.17) is 11.6 Å². The predicted molar refractivity (Wildman–Crippen MR) is 111 cm³/mol. The van der Waals surface area contributed by atoms with Crippen molar-refractivity contribution in [2.45, 2.75) is 38.7 Å². The molecule has 1 aromatic carbocycles. The monoisotopic (exact) mass is 472 g/mol. The molecular weight excluding hydrogens is 455 g/mol. The van der Waals surface area contributed by atoms with Gasteiger partial charge in [0.05, 0.1) is 35.3 Å². The van der Waals surface area contributed by atoms with Crippen LogP contribution in [-0.2, 0) is 19.6 Å². The molecule has 0 saturated carbocycles. The molecule has 0 aliphatic rings. The minimum Gasteiger partial charge on any atom is -0.342 e. The van der Waals surface area contributed by atoms with Crippen LogP contribution in [0.1, 0.15) is 18.5 Å². The number of fused-ring (bicyclic) bond motifs is 2. The maximum Gasteiger partial charge on any atom is 0.406 e. The molecule has 0 N–H and O–H groups in total. The van der Waals surface area contributed by atoms with Gasteiger partial charge in [-0.1, -0.05) is 11.6 Å². The fourth-order valence-electron chi connectivity index (χ4n) is 3.87. The van der Waals surface area contributed by atoms with Crippen LogP contribution in [0.15, 0.2) is 41.2 Å². The highest BCUT2D eigenvalue weighted by Crippen LogP contribution is 2.25. The lowest BCUT2D eigenvalue weighted by molar-refractivity contribution is -0.140. The zero-order valence-corrected chi connectivity index (χ0v) is 17.4. The van der Waals surface area contributed by atoms with E-state index in [-0.39, 0.29) is 22.7 Å². The summed E-state index contributed by atoms with van der Waals surface area (Å²) in [7, 11) is 0. The topological polar surface area (TPSA) is 44.8 Å². The number of benzene rings is 1. The highest BCUT2D eigenvalue weighted by molar-refractivity contribution is 6.29. The summed E-state index contributed by atoms with van der Waals surface area (Å²) in [6, 6.07) is 8.21. The van der Waals surface area contributed by atoms with Crippen LogP contribution in [0.2, 0.25) is 5.15 Å². The number of aryl methyl sites for hydroxylation is 1. The average molecular weight is 473 g/mol. The van der Waals surface area contributed by atoms with E-state index in [1.807, 2.05) is 4.57 Å². The Hall–Kier alpha value is -2.88. The molecule has 0 aliphatic heterocycles. The van der Waals surface area contributed by atoms with Crippen molar-refractivity contribution in [2.75, 3.05) is 6.67 Å². The van der Waals surface area contributed by atoms with Crippen molar-refractivity contribution >= 4 is 33.7 Å². The predicted octanol–water partition coefficient (Wildman–Crippen LogP) is 5.31. The maximum absolute atomic E-state index is 13.9. The summed E-state index contributed by atoms with van der Waals surface area (Å²) in [5.74, 6) is -0.674. The van der Waals surface area contributed by atoms with E-state index >= 15 is 0 Å². The number of imidazole rings is 1. The Morgan fingerprint density at radius 1 is 0.938 bits per heavy atom. The van der Waals surface area contributed by atoms with Gasteiger partial charge in [0.25, 0.3) is 0 Å². The first-order valence-electron chi connectivity index (χ1n) is 9.84. The van der Waals surface area contributed by atoms with Gasteiger partial charge >= 0.3 is 11.9 Å². The molecule has 0 saturated heterocycles. The number of alkyl halides is 4. The molecular formula is C21H18ClF5N4O. The number of unbranched alkanes of at least 4 members (excludes halogenated alkanes) is 1. The minimum absolute atomic E-state index is 0.0185. The highest BCUT2D eigenvalue weighted by Gasteiger charge is 2.31. The van der Waals surface area contributed by atoms with Gasteiger partial charge in [-0.15, -0.1) is 0 Å². The van der Waals surface area contributed by atoms with Crippen molar-refractivity contribution < 1.29 is 22.0 Å². The number of halogens is 6. The van der Waals surface area contributed by atoms with Crippen LogP contribution in [0, 0.1) is 5.82 Å². The average Bonchev–Trinajstić information content (AvgIpc) is 3.17. The van der Waals surface area contributed by atoms with E-state index in [2.05, 4.69) is 4.98 Å². The van der Waals surface area contributed by atoms with E-state index in [1.54, 1.807) is 18.2 Å². The number of hydrogen-bond acceptors (Lipinski definition) is 2. The largest absolute Gasteiger partial charge is 0.406 e. The van der Waals surface area contributed by atoms with Crippen LogP contribution in [0.5, 0.6) is 0 Å². The highest BCUT2D eigenvalue weighted by atomic mass is 35.5. The fraction of sp³-hybridized carbons (Fsp3) is 0.333. The second-order valence-electron chi connectivity index (χ2n) is 7.42. The van der Waals surface area contributed by atoms with Gasteiger partial charge in [-0.25, -0.2) is 14.2 Å². The number of pyridine rings is 1. The third kappa shape index (κ3) is 4.36. The molecule has 4 rings (SSSR count). The first kappa shape index (κ1) is 22.3. The van der Waals surface area contributed by atoms with Crippen molar-refractivity contribution in [2.24, 2.45) is 0 Å². The first-order chi connectivity index (χ1) is 15.2. The Bertz CT molecular complexity index is 1340. The lowest BCUT2D eigenvalue weighted by Crippen LogP contribution is -2.30. The zero-order chi connectivity index (χ0) is 23.0. The standard InChI is InChI=1S/C21H18ClF5N4O/c22-19-6-5-16-15(28-19)10-14(29(16)8-2-1-7-23)11-30-18-9-13(24)3-4-17(18)31(20(30)32)12-21(25,26)27/h3-6,9-10H,1-2,7-8,11-12H2. The third-order valence-electron chi connectivity index (χ3n) is 5.21. The first-order valence-corrected chi connectivity index (χ1v) is 10.2. The van der Waals surface area contributed by atoms with Crippen molar-refractivity contribution in [1.29, 1.82) is 0 Å². The molecule has 0 fully saturated rings.